The summed E-state index contributed by atoms with van der Waals surface area (Å²) in [6, 6.07) is 50.2. The quantitative estimate of drug-likeness (QED) is 0.133. The van der Waals surface area contributed by atoms with Crippen molar-refractivity contribution in [3.8, 4) is 22.6 Å². The minimum atomic E-state index is 0. The first-order valence-corrected chi connectivity index (χ1v) is 15.0. The van der Waals surface area contributed by atoms with Crippen molar-refractivity contribution in [3.05, 3.63) is 151 Å². The van der Waals surface area contributed by atoms with Crippen molar-refractivity contribution in [1.29, 1.82) is 0 Å². The molecule has 8 rings (SSSR count). The molecule has 0 atom stereocenters. The van der Waals surface area contributed by atoms with Gasteiger partial charge in [0, 0.05) is 37.1 Å². The molecule has 0 N–H and O–H groups in total. The van der Waals surface area contributed by atoms with Crippen LogP contribution in [0, 0.1) is 18.1 Å². The first-order valence-electron chi connectivity index (χ1n) is 15.0. The van der Waals surface area contributed by atoms with Crippen molar-refractivity contribution in [2.24, 2.45) is 5.92 Å². The van der Waals surface area contributed by atoms with E-state index >= 15 is 0 Å². The van der Waals surface area contributed by atoms with Crippen LogP contribution >= 0.6 is 0 Å². The number of fused-ring (bicyclic) bond motifs is 5. The maximum absolute atomic E-state index is 4.84. The van der Waals surface area contributed by atoms with Crippen molar-refractivity contribution in [2.45, 2.75) is 20.3 Å². The molecular weight excluding hydrogens is 727 g/mol. The molecule has 2 heterocycles. The number of pyridine rings is 1. The second-order valence-electron chi connectivity index (χ2n) is 11.5. The van der Waals surface area contributed by atoms with Gasteiger partial charge in [-0.1, -0.05) is 110 Å². The van der Waals surface area contributed by atoms with E-state index in [-0.39, 0.29) is 20.1 Å². The summed E-state index contributed by atoms with van der Waals surface area (Å²) in [7, 11) is 0. The van der Waals surface area contributed by atoms with Gasteiger partial charge in [-0.05, 0) is 34.9 Å². The Morgan fingerprint density at radius 3 is 2.18 bits per heavy atom. The molecule has 0 bridgehead atoms. The summed E-state index contributed by atoms with van der Waals surface area (Å²) in [5.74, 6) is 1.37. The molecule has 0 amide bonds. The van der Waals surface area contributed by atoms with E-state index in [1.54, 1.807) is 0 Å². The van der Waals surface area contributed by atoms with Crippen molar-refractivity contribution < 1.29 is 20.1 Å². The van der Waals surface area contributed by atoms with E-state index < -0.39 is 0 Å². The zero-order valence-electron chi connectivity index (χ0n) is 25.2. The smallest absolute Gasteiger partial charge is 0.0756 e. The molecule has 1 radical (unpaired) electrons. The fourth-order valence-electron chi connectivity index (χ4n) is 5.63. The fraction of sp³-hybridized carbons (Fsp3) is 0.0976. The molecule has 0 fully saturated rings. The van der Waals surface area contributed by atoms with Crippen LogP contribution < -0.4 is 0 Å². The molecule has 221 valence electrons. The molecule has 8 aromatic rings. The molecule has 0 saturated heterocycles. The van der Waals surface area contributed by atoms with E-state index in [2.05, 4.69) is 110 Å². The summed E-state index contributed by atoms with van der Waals surface area (Å²) in [4.78, 5) is 14.1. The maximum atomic E-state index is 4.84. The first kappa shape index (κ1) is 30.3. The van der Waals surface area contributed by atoms with Crippen molar-refractivity contribution in [2.75, 3.05) is 0 Å². The number of para-hydroxylation sites is 1. The van der Waals surface area contributed by atoms with Crippen molar-refractivity contribution in [1.82, 2.24) is 15.0 Å². The second-order valence-corrected chi connectivity index (χ2v) is 11.5. The van der Waals surface area contributed by atoms with E-state index in [9.17, 15) is 0 Å². The number of nitrogens with zero attached hydrogens (tertiary/aromatic N) is 3. The van der Waals surface area contributed by atoms with Crippen LogP contribution in [0.25, 0.3) is 66.0 Å². The summed E-state index contributed by atoms with van der Waals surface area (Å²) >= 11 is 0. The molecule has 3 nitrogen and oxygen atoms in total. The topological polar surface area (TPSA) is 38.7 Å². The Hall–Kier alpha value is -4.76. The van der Waals surface area contributed by atoms with Crippen LogP contribution in [0.3, 0.4) is 0 Å². The molecule has 4 heteroatoms. The van der Waals surface area contributed by atoms with Crippen molar-refractivity contribution in [3.63, 3.8) is 0 Å². The number of rotatable bonds is 4. The minimum absolute atomic E-state index is 0. The molecule has 6 aromatic carbocycles. The Balaban J connectivity index is 0.000000158. The molecule has 0 aliphatic rings. The van der Waals surface area contributed by atoms with Gasteiger partial charge >= 0.3 is 0 Å². The SMILES string of the molecule is CC(C)Cc1cc[c-]c(-c2ccc3ccccc3n2)c1.[Ir].[c-]1cc2ccccc2cc1-c1ncc2ccc3ccccc3c2n1. The predicted molar refractivity (Wildman–Crippen MR) is 183 cm³/mol. The van der Waals surface area contributed by atoms with Gasteiger partial charge < -0.3 is 0 Å². The van der Waals surface area contributed by atoms with Gasteiger partial charge in [-0.2, -0.15) is 0 Å². The van der Waals surface area contributed by atoms with Gasteiger partial charge in [0.1, 0.15) is 0 Å². The Bertz CT molecular complexity index is 2260. The van der Waals surface area contributed by atoms with Crippen LogP contribution in [-0.4, -0.2) is 15.0 Å². The van der Waals surface area contributed by atoms with Crippen LogP contribution in [0.15, 0.2) is 134 Å². The van der Waals surface area contributed by atoms with Gasteiger partial charge in [0.2, 0.25) is 0 Å². The summed E-state index contributed by atoms with van der Waals surface area (Å²) in [5, 5.41) is 6.92. The number of aromatic nitrogens is 3. The van der Waals surface area contributed by atoms with Gasteiger partial charge in [-0.15, -0.1) is 64.5 Å². The fourth-order valence-corrected chi connectivity index (χ4v) is 5.63. The Morgan fingerprint density at radius 1 is 0.622 bits per heavy atom. The number of hydrogen-bond donors (Lipinski definition) is 0. The van der Waals surface area contributed by atoms with Gasteiger partial charge in [0.05, 0.1) is 16.9 Å². The third-order valence-electron chi connectivity index (χ3n) is 7.78. The minimum Gasteiger partial charge on any atom is -0.296 e. The third kappa shape index (κ3) is 6.68. The van der Waals surface area contributed by atoms with E-state index in [1.165, 1.54) is 27.1 Å². The maximum Gasteiger partial charge on any atom is 0.0756 e. The van der Waals surface area contributed by atoms with E-state index in [0.29, 0.717) is 11.7 Å². The van der Waals surface area contributed by atoms with Gasteiger partial charge in [0.25, 0.3) is 0 Å². The molecule has 0 aliphatic carbocycles. The van der Waals surface area contributed by atoms with E-state index in [1.807, 2.05) is 54.7 Å². The monoisotopic (exact) mass is 758 g/mol. The molecule has 45 heavy (non-hydrogen) atoms. The molecule has 0 saturated carbocycles. The third-order valence-corrected chi connectivity index (χ3v) is 7.78. The molecule has 0 aliphatic heterocycles. The Labute approximate surface area is 277 Å². The van der Waals surface area contributed by atoms with Crippen molar-refractivity contribution >= 4 is 43.4 Å². The summed E-state index contributed by atoms with van der Waals surface area (Å²) in [6.45, 7) is 4.48. The predicted octanol–water partition coefficient (Wildman–Crippen LogP) is 10.3. The molecular formula is C41H31IrN3-2. The standard InChI is InChI=1S/C22H13N2.C19H18N.Ir/c1-2-7-17-13-18(11-9-15(17)5-1)22-23-14-19-12-10-16-6-3-4-8-20(16)21(19)24-22;1-14(2)12-15-6-5-8-17(13-15)19-11-10-16-7-3-4-9-18(16)20-19;/h1-10,12-14H;3-7,9-11,13-14H,12H2,1-2H3;/q2*-1;. The summed E-state index contributed by atoms with van der Waals surface area (Å²) < 4.78 is 0. The largest absolute Gasteiger partial charge is 0.296 e. The summed E-state index contributed by atoms with van der Waals surface area (Å²) in [5.41, 5.74) is 6.36. The summed E-state index contributed by atoms with van der Waals surface area (Å²) in [6.07, 6.45) is 2.99. The van der Waals surface area contributed by atoms with Gasteiger partial charge in [0.15, 0.2) is 0 Å². The van der Waals surface area contributed by atoms with Crippen LogP contribution in [0.2, 0.25) is 0 Å². The van der Waals surface area contributed by atoms with Crippen LogP contribution in [-0.2, 0) is 26.5 Å². The zero-order valence-corrected chi connectivity index (χ0v) is 27.6. The number of hydrogen-bond acceptors (Lipinski definition) is 3. The molecule has 0 unspecified atom stereocenters. The average Bonchev–Trinajstić information content (AvgIpc) is 3.07. The molecule has 2 aromatic heterocycles. The number of benzene rings is 6. The Morgan fingerprint density at radius 2 is 1.33 bits per heavy atom. The second kappa shape index (κ2) is 13.5. The van der Waals surface area contributed by atoms with Crippen LogP contribution in [0.4, 0.5) is 0 Å². The Kier molecular flexibility index (Phi) is 9.07. The van der Waals surface area contributed by atoms with Gasteiger partial charge in [-0.3, -0.25) is 15.0 Å². The average molecular weight is 758 g/mol. The van der Waals surface area contributed by atoms with Gasteiger partial charge in [-0.25, -0.2) is 0 Å². The van der Waals surface area contributed by atoms with Crippen LogP contribution in [0.1, 0.15) is 19.4 Å². The normalized spacial score (nSPS) is 11.0. The molecule has 0 spiro atoms. The van der Waals surface area contributed by atoms with E-state index in [4.69, 9.17) is 9.97 Å². The first-order chi connectivity index (χ1) is 21.6. The van der Waals surface area contributed by atoms with Crippen LogP contribution in [0.5, 0.6) is 0 Å². The zero-order chi connectivity index (χ0) is 29.9. The van der Waals surface area contributed by atoms with E-state index in [0.717, 1.165) is 45.0 Å².